The molecule has 1 heterocycles. The van der Waals surface area contributed by atoms with Crippen LogP contribution in [0.2, 0.25) is 0 Å². The van der Waals surface area contributed by atoms with Crippen LogP contribution in [0, 0.1) is 0 Å². The Bertz CT molecular complexity index is 345. The SMILES string of the molecule is CCNC(c1cccc(CC)c1)C1CCCS1. The van der Waals surface area contributed by atoms with Gasteiger partial charge in [0.15, 0.2) is 0 Å². The highest BCUT2D eigenvalue weighted by Gasteiger charge is 2.26. The quantitative estimate of drug-likeness (QED) is 0.852. The van der Waals surface area contributed by atoms with Gasteiger partial charge in [0.25, 0.3) is 0 Å². The standard InChI is InChI=1S/C15H23NS/c1-3-12-7-5-8-13(11-12)15(16-4-2)14-9-6-10-17-14/h5,7-8,11,14-16H,3-4,6,9-10H2,1-2H3. The molecule has 2 rings (SSSR count). The first kappa shape index (κ1) is 13.0. The Balaban J connectivity index is 2.18. The van der Waals surface area contributed by atoms with E-state index >= 15 is 0 Å². The lowest BCUT2D eigenvalue weighted by molar-refractivity contribution is 0.519. The Morgan fingerprint density at radius 2 is 2.29 bits per heavy atom. The van der Waals surface area contributed by atoms with Crippen molar-refractivity contribution >= 4 is 11.8 Å². The topological polar surface area (TPSA) is 12.0 Å². The third-order valence-electron chi connectivity index (χ3n) is 3.48. The second-order valence-electron chi connectivity index (χ2n) is 4.69. The third kappa shape index (κ3) is 3.26. The lowest BCUT2D eigenvalue weighted by Gasteiger charge is -2.24. The monoisotopic (exact) mass is 249 g/mol. The number of benzene rings is 1. The minimum Gasteiger partial charge on any atom is -0.309 e. The second-order valence-corrected chi connectivity index (χ2v) is 6.03. The molecular weight excluding hydrogens is 226 g/mol. The van der Waals surface area contributed by atoms with Crippen molar-refractivity contribution in [2.75, 3.05) is 12.3 Å². The first-order chi connectivity index (χ1) is 8.35. The molecule has 2 atom stereocenters. The van der Waals surface area contributed by atoms with E-state index in [1.807, 2.05) is 0 Å². The van der Waals surface area contributed by atoms with Crippen LogP contribution in [0.3, 0.4) is 0 Å². The molecule has 0 saturated carbocycles. The summed E-state index contributed by atoms with van der Waals surface area (Å²) < 4.78 is 0. The minimum atomic E-state index is 0.541. The summed E-state index contributed by atoms with van der Waals surface area (Å²) in [5.74, 6) is 1.33. The molecule has 1 aromatic carbocycles. The molecule has 1 aliphatic heterocycles. The van der Waals surface area contributed by atoms with Gasteiger partial charge < -0.3 is 5.32 Å². The van der Waals surface area contributed by atoms with Gasteiger partial charge in [0.1, 0.15) is 0 Å². The smallest absolute Gasteiger partial charge is 0.0440 e. The number of hydrogen-bond donors (Lipinski definition) is 1. The fourth-order valence-electron chi connectivity index (χ4n) is 2.56. The van der Waals surface area contributed by atoms with Crippen LogP contribution in [0.4, 0.5) is 0 Å². The maximum absolute atomic E-state index is 3.67. The molecule has 0 aromatic heterocycles. The Hall–Kier alpha value is -0.470. The molecule has 1 aliphatic rings. The summed E-state index contributed by atoms with van der Waals surface area (Å²) in [6.07, 6.45) is 3.87. The van der Waals surface area contributed by atoms with Gasteiger partial charge in [-0.1, -0.05) is 38.1 Å². The molecule has 2 heteroatoms. The van der Waals surface area contributed by atoms with E-state index < -0.39 is 0 Å². The molecule has 1 aromatic rings. The summed E-state index contributed by atoms with van der Waals surface area (Å²) >= 11 is 2.14. The minimum absolute atomic E-state index is 0.541. The zero-order chi connectivity index (χ0) is 12.1. The Morgan fingerprint density at radius 1 is 1.41 bits per heavy atom. The lowest BCUT2D eigenvalue weighted by Crippen LogP contribution is -2.28. The molecule has 94 valence electrons. The number of aryl methyl sites for hydroxylation is 1. The average Bonchev–Trinajstić information content (AvgIpc) is 2.89. The molecule has 1 fully saturated rings. The molecule has 0 aliphatic carbocycles. The maximum atomic E-state index is 3.67. The van der Waals surface area contributed by atoms with Gasteiger partial charge in [0.05, 0.1) is 0 Å². The summed E-state index contributed by atoms with van der Waals surface area (Å²) in [5.41, 5.74) is 2.93. The number of hydrogen-bond acceptors (Lipinski definition) is 2. The van der Waals surface area contributed by atoms with Crippen LogP contribution in [0.5, 0.6) is 0 Å². The Kier molecular flexibility index (Phi) is 4.93. The van der Waals surface area contributed by atoms with E-state index in [1.54, 1.807) is 0 Å². The van der Waals surface area contributed by atoms with Gasteiger partial charge in [0, 0.05) is 11.3 Å². The summed E-state index contributed by atoms with van der Waals surface area (Å²) in [6, 6.07) is 9.64. The molecule has 0 bridgehead atoms. The molecule has 0 spiro atoms. The van der Waals surface area contributed by atoms with Gasteiger partial charge in [-0.15, -0.1) is 0 Å². The van der Waals surface area contributed by atoms with E-state index in [4.69, 9.17) is 0 Å². The van der Waals surface area contributed by atoms with Crippen LogP contribution in [0.25, 0.3) is 0 Å². The van der Waals surface area contributed by atoms with Crippen LogP contribution < -0.4 is 5.32 Å². The molecule has 0 amide bonds. The lowest BCUT2D eigenvalue weighted by atomic mass is 9.98. The summed E-state index contributed by atoms with van der Waals surface area (Å²) in [6.45, 7) is 5.49. The van der Waals surface area contributed by atoms with Crippen molar-refractivity contribution in [3.05, 3.63) is 35.4 Å². The van der Waals surface area contributed by atoms with E-state index in [0.29, 0.717) is 6.04 Å². The second kappa shape index (κ2) is 6.46. The summed E-state index contributed by atoms with van der Waals surface area (Å²) in [4.78, 5) is 0. The van der Waals surface area contributed by atoms with E-state index in [0.717, 1.165) is 18.2 Å². The number of nitrogens with one attached hydrogen (secondary N) is 1. The van der Waals surface area contributed by atoms with Crippen LogP contribution in [0.15, 0.2) is 24.3 Å². The summed E-state index contributed by atoms with van der Waals surface area (Å²) in [7, 11) is 0. The fourth-order valence-corrected chi connectivity index (χ4v) is 3.97. The molecule has 1 N–H and O–H groups in total. The predicted molar refractivity (Wildman–Crippen MR) is 77.7 cm³/mol. The fraction of sp³-hybridized carbons (Fsp3) is 0.600. The van der Waals surface area contributed by atoms with E-state index in [2.05, 4.69) is 55.2 Å². The van der Waals surface area contributed by atoms with Gasteiger partial charge in [-0.25, -0.2) is 0 Å². The van der Waals surface area contributed by atoms with E-state index in [1.165, 1.54) is 29.7 Å². The van der Waals surface area contributed by atoms with E-state index in [-0.39, 0.29) is 0 Å². The number of rotatable bonds is 5. The van der Waals surface area contributed by atoms with Crippen LogP contribution in [-0.4, -0.2) is 17.5 Å². The molecule has 1 nitrogen and oxygen atoms in total. The van der Waals surface area contributed by atoms with Gasteiger partial charge in [-0.3, -0.25) is 0 Å². The van der Waals surface area contributed by atoms with Crippen molar-refractivity contribution in [3.8, 4) is 0 Å². The van der Waals surface area contributed by atoms with Gasteiger partial charge in [-0.05, 0) is 42.7 Å². The Morgan fingerprint density at radius 3 is 2.94 bits per heavy atom. The van der Waals surface area contributed by atoms with Crippen molar-refractivity contribution in [2.45, 2.75) is 44.4 Å². The van der Waals surface area contributed by atoms with Gasteiger partial charge in [-0.2, -0.15) is 11.8 Å². The van der Waals surface area contributed by atoms with Crippen molar-refractivity contribution in [1.29, 1.82) is 0 Å². The summed E-state index contributed by atoms with van der Waals surface area (Å²) in [5, 5.41) is 4.44. The van der Waals surface area contributed by atoms with Crippen molar-refractivity contribution in [2.24, 2.45) is 0 Å². The first-order valence-electron chi connectivity index (χ1n) is 6.79. The van der Waals surface area contributed by atoms with Crippen LogP contribution in [-0.2, 0) is 6.42 Å². The van der Waals surface area contributed by atoms with E-state index in [9.17, 15) is 0 Å². The van der Waals surface area contributed by atoms with Crippen molar-refractivity contribution < 1.29 is 0 Å². The highest BCUT2D eigenvalue weighted by atomic mass is 32.2. The maximum Gasteiger partial charge on any atom is 0.0440 e. The van der Waals surface area contributed by atoms with Crippen molar-refractivity contribution in [1.82, 2.24) is 5.32 Å². The number of thioether (sulfide) groups is 1. The van der Waals surface area contributed by atoms with Crippen LogP contribution in [0.1, 0.15) is 43.9 Å². The zero-order valence-corrected chi connectivity index (χ0v) is 11.7. The molecule has 1 saturated heterocycles. The van der Waals surface area contributed by atoms with Crippen LogP contribution >= 0.6 is 11.8 Å². The first-order valence-corrected chi connectivity index (χ1v) is 7.83. The molecule has 17 heavy (non-hydrogen) atoms. The Labute approximate surface area is 109 Å². The average molecular weight is 249 g/mol. The molecule has 2 unspecified atom stereocenters. The third-order valence-corrected chi connectivity index (χ3v) is 4.94. The largest absolute Gasteiger partial charge is 0.309 e. The zero-order valence-electron chi connectivity index (χ0n) is 10.9. The molecular formula is C15H23NS. The molecule has 0 radical (unpaired) electrons. The van der Waals surface area contributed by atoms with Gasteiger partial charge >= 0.3 is 0 Å². The van der Waals surface area contributed by atoms with Crippen molar-refractivity contribution in [3.63, 3.8) is 0 Å². The highest BCUT2D eigenvalue weighted by molar-refractivity contribution is 8.00. The van der Waals surface area contributed by atoms with Gasteiger partial charge in [0.2, 0.25) is 0 Å². The highest BCUT2D eigenvalue weighted by Crippen LogP contribution is 2.36. The predicted octanol–water partition coefficient (Wildman–Crippen LogP) is 3.80. The normalized spacial score (nSPS) is 21.6.